The molecular formula is C32H39BrN2O10S2. The number of aryl methyl sites for hydroxylation is 2. The number of esters is 2. The van der Waals surface area contributed by atoms with E-state index in [9.17, 15) is 26.4 Å². The van der Waals surface area contributed by atoms with Crippen molar-refractivity contribution >= 4 is 48.1 Å². The number of nitrogens with one attached hydrogen (secondary N) is 1. The molecule has 2 aliphatic carbocycles. The molecule has 1 fully saturated rings. The Bertz CT molecular complexity index is 1730. The summed E-state index contributed by atoms with van der Waals surface area (Å²) in [7, 11) is -7.84. The molecular weight excluding hydrogens is 716 g/mol. The highest BCUT2D eigenvalue weighted by atomic mass is 79.9. The Balaban J connectivity index is 0.000000213. The van der Waals surface area contributed by atoms with Gasteiger partial charge in [-0.3, -0.25) is 8.37 Å². The Morgan fingerprint density at radius 3 is 1.66 bits per heavy atom. The summed E-state index contributed by atoms with van der Waals surface area (Å²) in [4.78, 5) is 23.6. The zero-order chi connectivity index (χ0) is 34.5. The number of carbonyl (C=O) groups is 2. The Kier molecular flexibility index (Phi) is 12.2. The zero-order valence-electron chi connectivity index (χ0n) is 26.4. The van der Waals surface area contributed by atoms with Crippen LogP contribution >= 0.6 is 15.9 Å². The number of nitrogens with two attached hydrogens (primary N) is 1. The SMILES string of the molecule is CCOC(=O)C1=C[C@@H](Br)[C@H](N)[C@H](OS(=O)(=O)c2ccc(C)cc2)C1.CCOC(=O)C1=C[C@@H]2N[C@@H]2[C@H](OS(=O)(=O)c2ccc(C)cc2)C1. The van der Waals surface area contributed by atoms with E-state index < -0.39 is 50.4 Å². The molecule has 0 spiro atoms. The number of halogens is 1. The molecule has 5 rings (SSSR count). The number of ether oxygens (including phenoxy) is 2. The first-order chi connectivity index (χ1) is 22.1. The van der Waals surface area contributed by atoms with Crippen LogP contribution in [0.15, 0.2) is 81.6 Å². The second kappa shape index (κ2) is 15.5. The molecule has 2 aromatic rings. The second-order valence-corrected chi connectivity index (χ2v) is 15.5. The van der Waals surface area contributed by atoms with Crippen molar-refractivity contribution in [1.29, 1.82) is 0 Å². The maximum atomic E-state index is 12.4. The largest absolute Gasteiger partial charge is 0.463 e. The van der Waals surface area contributed by atoms with Crippen molar-refractivity contribution in [3.05, 3.63) is 83.0 Å². The summed E-state index contributed by atoms with van der Waals surface area (Å²) in [5.74, 6) is -0.906. The minimum Gasteiger partial charge on any atom is -0.463 e. The van der Waals surface area contributed by atoms with Gasteiger partial charge in [0.15, 0.2) is 0 Å². The van der Waals surface area contributed by atoms with Crippen LogP contribution in [0.25, 0.3) is 0 Å². The van der Waals surface area contributed by atoms with Gasteiger partial charge in [0.2, 0.25) is 0 Å². The van der Waals surface area contributed by atoms with Crippen LogP contribution in [0.2, 0.25) is 0 Å². The van der Waals surface area contributed by atoms with Crippen molar-refractivity contribution in [2.24, 2.45) is 5.73 Å². The van der Waals surface area contributed by atoms with Gasteiger partial charge < -0.3 is 20.5 Å². The fraction of sp³-hybridized carbons (Fsp3) is 0.438. The fourth-order valence-electron chi connectivity index (χ4n) is 5.00. The molecule has 15 heteroatoms. The molecule has 2 aromatic carbocycles. The van der Waals surface area contributed by atoms with Gasteiger partial charge >= 0.3 is 11.9 Å². The topological polar surface area (TPSA) is 187 Å². The summed E-state index contributed by atoms with van der Waals surface area (Å²) in [5.41, 5.74) is 8.76. The molecule has 0 saturated carbocycles. The smallest absolute Gasteiger partial charge is 0.333 e. The van der Waals surface area contributed by atoms with Crippen molar-refractivity contribution in [1.82, 2.24) is 5.32 Å². The Hall–Kier alpha value is -2.92. The van der Waals surface area contributed by atoms with Crippen molar-refractivity contribution in [2.75, 3.05) is 13.2 Å². The van der Waals surface area contributed by atoms with Crippen LogP contribution in [0, 0.1) is 13.8 Å². The molecule has 1 heterocycles. The van der Waals surface area contributed by atoms with E-state index in [-0.39, 0.29) is 52.8 Å². The molecule has 0 unspecified atom stereocenters. The number of benzene rings is 2. The van der Waals surface area contributed by atoms with Gasteiger partial charge in [-0.15, -0.1) is 0 Å². The number of hydrogen-bond donors (Lipinski definition) is 2. The molecule has 47 heavy (non-hydrogen) atoms. The van der Waals surface area contributed by atoms with Crippen molar-refractivity contribution in [3.63, 3.8) is 0 Å². The van der Waals surface area contributed by atoms with Crippen molar-refractivity contribution in [3.8, 4) is 0 Å². The van der Waals surface area contributed by atoms with Crippen molar-refractivity contribution in [2.45, 2.75) is 85.5 Å². The highest BCUT2D eigenvalue weighted by Gasteiger charge is 2.48. The first-order valence-electron chi connectivity index (χ1n) is 15.1. The first-order valence-corrected chi connectivity index (χ1v) is 18.8. The molecule has 1 saturated heterocycles. The number of hydrogen-bond acceptors (Lipinski definition) is 12. The lowest BCUT2D eigenvalue weighted by molar-refractivity contribution is -0.139. The minimum atomic E-state index is -3.97. The van der Waals surface area contributed by atoms with E-state index in [4.69, 9.17) is 23.6 Å². The Morgan fingerprint density at radius 2 is 1.19 bits per heavy atom. The molecule has 1 aliphatic heterocycles. The average Bonchev–Trinajstić information content (AvgIpc) is 3.80. The third-order valence-corrected chi connectivity index (χ3v) is 11.2. The molecule has 256 valence electrons. The number of carbonyl (C=O) groups excluding carboxylic acids is 2. The highest BCUT2D eigenvalue weighted by molar-refractivity contribution is 9.09. The van der Waals surface area contributed by atoms with Gasteiger partial charge in [-0.2, -0.15) is 16.8 Å². The van der Waals surface area contributed by atoms with Crippen LogP contribution in [0.1, 0.15) is 37.8 Å². The molecule has 0 aromatic heterocycles. The fourth-order valence-corrected chi connectivity index (χ4v) is 7.86. The van der Waals surface area contributed by atoms with Crippen LogP contribution in [0.3, 0.4) is 0 Å². The van der Waals surface area contributed by atoms with E-state index in [1.807, 2.05) is 13.8 Å². The maximum absolute atomic E-state index is 12.4. The first kappa shape index (κ1) is 36.9. The van der Waals surface area contributed by atoms with E-state index in [2.05, 4.69) is 21.2 Å². The van der Waals surface area contributed by atoms with Crippen LogP contribution in [-0.2, 0) is 47.7 Å². The van der Waals surface area contributed by atoms with Crippen molar-refractivity contribution < 1.29 is 44.3 Å². The average molecular weight is 756 g/mol. The monoisotopic (exact) mass is 754 g/mol. The lowest BCUT2D eigenvalue weighted by Gasteiger charge is -2.30. The van der Waals surface area contributed by atoms with Gasteiger partial charge in [0.05, 0.1) is 46.1 Å². The highest BCUT2D eigenvalue weighted by Crippen LogP contribution is 2.33. The summed E-state index contributed by atoms with van der Waals surface area (Å²) >= 11 is 3.34. The van der Waals surface area contributed by atoms with E-state index in [0.717, 1.165) is 11.1 Å². The standard InChI is InChI=1S/C16H20BrNO5S.C16H19NO5S/c1-3-22-16(19)11-8-13(17)15(18)14(9-11)23-24(20,21)12-6-4-10(2)5-7-12;1-3-21-16(18)11-8-13-15(17-13)14(9-11)22-23(19,20)12-6-4-10(2)5-7-12/h4-8,13-15H,3,9,18H2,1-2H3;4-8,13-15,17H,3,9H2,1-2H3/t13-,14-,15+;13-,14+,15-/m10/s1. The molecule has 0 radical (unpaired) electrons. The van der Waals surface area contributed by atoms with E-state index in [0.29, 0.717) is 11.1 Å². The van der Waals surface area contributed by atoms with E-state index >= 15 is 0 Å². The lowest BCUT2D eigenvalue weighted by Crippen LogP contribution is -2.47. The molecule has 3 aliphatic rings. The Labute approximate surface area is 284 Å². The van der Waals surface area contributed by atoms with Gasteiger partial charge in [0.1, 0.15) is 0 Å². The summed E-state index contributed by atoms with van der Waals surface area (Å²) < 4.78 is 70.3. The second-order valence-electron chi connectivity index (χ2n) is 11.3. The summed E-state index contributed by atoms with van der Waals surface area (Å²) in [6.07, 6.45) is 2.27. The summed E-state index contributed by atoms with van der Waals surface area (Å²) in [6, 6.07) is 12.1. The van der Waals surface area contributed by atoms with Gasteiger partial charge in [-0.25, -0.2) is 9.59 Å². The summed E-state index contributed by atoms with van der Waals surface area (Å²) in [6.45, 7) is 7.70. The van der Waals surface area contributed by atoms with Gasteiger partial charge in [0, 0.05) is 36.1 Å². The third kappa shape index (κ3) is 9.59. The van der Waals surface area contributed by atoms with Gasteiger partial charge in [0.25, 0.3) is 20.2 Å². The number of rotatable bonds is 10. The quantitative estimate of drug-likeness (QED) is 0.156. The predicted octanol–water partition coefficient (Wildman–Crippen LogP) is 3.36. The summed E-state index contributed by atoms with van der Waals surface area (Å²) in [5, 5.41) is 3.12. The lowest BCUT2D eigenvalue weighted by atomic mass is 9.93. The number of alkyl halides is 1. The Morgan fingerprint density at radius 1 is 0.766 bits per heavy atom. The number of fused-ring (bicyclic) bond motifs is 1. The van der Waals surface area contributed by atoms with Crippen LogP contribution in [0.5, 0.6) is 0 Å². The minimum absolute atomic E-state index is 0.0265. The maximum Gasteiger partial charge on any atom is 0.333 e. The van der Waals surface area contributed by atoms with E-state index in [1.54, 1.807) is 50.3 Å². The predicted molar refractivity (Wildman–Crippen MR) is 177 cm³/mol. The van der Waals surface area contributed by atoms with Gasteiger partial charge in [-0.1, -0.05) is 63.5 Å². The van der Waals surface area contributed by atoms with Gasteiger partial charge in [-0.05, 0) is 52.0 Å². The van der Waals surface area contributed by atoms with Crippen LogP contribution in [-0.4, -0.2) is 77.1 Å². The molecule has 0 amide bonds. The normalized spacial score (nSPS) is 25.2. The van der Waals surface area contributed by atoms with E-state index in [1.165, 1.54) is 24.3 Å². The molecule has 6 atom stereocenters. The molecule has 12 nitrogen and oxygen atoms in total. The van der Waals surface area contributed by atoms with Crippen LogP contribution in [0.4, 0.5) is 0 Å². The van der Waals surface area contributed by atoms with Crippen LogP contribution < -0.4 is 11.1 Å². The third-order valence-electron chi connectivity index (χ3n) is 7.64. The molecule has 3 N–H and O–H groups in total. The molecule has 0 bridgehead atoms. The zero-order valence-corrected chi connectivity index (χ0v) is 29.6.